The van der Waals surface area contributed by atoms with E-state index in [4.69, 9.17) is 0 Å². The highest BCUT2D eigenvalue weighted by molar-refractivity contribution is 7.89. The molecule has 4 aromatic carbocycles. The molecule has 0 aliphatic rings. The number of nitrogens with one attached hydrogen (secondary N) is 1. The quantitative estimate of drug-likeness (QED) is 0.296. The number of sulfonamides is 1. The molecule has 0 aromatic heterocycles. The molecule has 1 N–H and O–H groups in total. The van der Waals surface area contributed by atoms with Gasteiger partial charge < -0.3 is 5.32 Å². The Labute approximate surface area is 215 Å². The van der Waals surface area contributed by atoms with Crippen molar-refractivity contribution in [1.82, 2.24) is 4.31 Å². The lowest BCUT2D eigenvalue weighted by Crippen LogP contribution is -2.33. The Bertz CT molecular complexity index is 1490. The molecule has 0 heterocycles. The zero-order valence-corrected chi connectivity index (χ0v) is 21.0. The van der Waals surface area contributed by atoms with E-state index in [1.165, 1.54) is 28.6 Å². The number of nitrogens with zero attached hydrogens (tertiary/aromatic N) is 1. The molecule has 1 amide bonds. The lowest BCUT2D eigenvalue weighted by atomic mass is 10.1. The Kier molecular flexibility index (Phi) is 8.11. The van der Waals surface area contributed by atoms with E-state index in [0.29, 0.717) is 12.0 Å². The first-order chi connectivity index (χ1) is 17.7. The molecule has 4 rings (SSSR count). The molecule has 0 fully saturated rings. The number of amides is 1. The average molecular weight is 521 g/mol. The van der Waals surface area contributed by atoms with Crippen molar-refractivity contribution < 1.29 is 22.0 Å². The first kappa shape index (κ1) is 26.2. The van der Waals surface area contributed by atoms with Crippen molar-refractivity contribution in [3.8, 4) is 0 Å². The number of anilines is 1. The number of hydrogen-bond donors (Lipinski definition) is 1. The zero-order chi connectivity index (χ0) is 26.4. The largest absolute Gasteiger partial charge is 0.322 e. The first-order valence-corrected chi connectivity index (χ1v) is 13.1. The Morgan fingerprint density at radius 1 is 0.811 bits per heavy atom. The summed E-state index contributed by atoms with van der Waals surface area (Å²) in [6, 6.07) is 25.8. The van der Waals surface area contributed by atoms with Crippen LogP contribution in [0.15, 0.2) is 102 Å². The van der Waals surface area contributed by atoms with E-state index in [9.17, 15) is 22.0 Å². The summed E-state index contributed by atoms with van der Waals surface area (Å²) in [5, 5.41) is 2.53. The molecule has 0 atom stereocenters. The van der Waals surface area contributed by atoms with Gasteiger partial charge in [0.1, 0.15) is 16.5 Å². The van der Waals surface area contributed by atoms with Crippen molar-refractivity contribution in [2.24, 2.45) is 0 Å². The smallest absolute Gasteiger partial charge is 0.255 e. The fourth-order valence-corrected chi connectivity index (χ4v) is 5.34. The number of halogens is 2. The highest BCUT2D eigenvalue weighted by atomic mass is 32.2. The van der Waals surface area contributed by atoms with E-state index >= 15 is 0 Å². The molecule has 0 aliphatic heterocycles. The fraction of sp³-hybridized carbons (Fsp3) is 0.138. The highest BCUT2D eigenvalue weighted by Gasteiger charge is 2.29. The lowest BCUT2D eigenvalue weighted by Gasteiger charge is -2.23. The van der Waals surface area contributed by atoms with E-state index in [2.05, 4.69) is 5.32 Å². The summed E-state index contributed by atoms with van der Waals surface area (Å²) in [6.45, 7) is 1.74. The van der Waals surface area contributed by atoms with Gasteiger partial charge in [0.15, 0.2) is 0 Å². The van der Waals surface area contributed by atoms with Gasteiger partial charge in [-0.15, -0.1) is 0 Å². The third kappa shape index (κ3) is 6.47. The van der Waals surface area contributed by atoms with Crippen molar-refractivity contribution in [1.29, 1.82) is 0 Å². The van der Waals surface area contributed by atoms with Gasteiger partial charge in [0.05, 0.1) is 0 Å². The maximum absolute atomic E-state index is 14.9. The maximum Gasteiger partial charge on any atom is 0.255 e. The first-order valence-electron chi connectivity index (χ1n) is 11.7. The number of carbonyl (C=O) groups is 1. The molecule has 5 nitrogen and oxygen atoms in total. The number of hydrogen-bond acceptors (Lipinski definition) is 3. The minimum Gasteiger partial charge on any atom is -0.322 e. The van der Waals surface area contributed by atoms with Crippen LogP contribution in [0, 0.1) is 18.6 Å². The lowest BCUT2D eigenvalue weighted by molar-refractivity contribution is 0.102. The predicted molar refractivity (Wildman–Crippen MR) is 140 cm³/mol. The van der Waals surface area contributed by atoms with E-state index in [-0.39, 0.29) is 24.3 Å². The zero-order valence-electron chi connectivity index (χ0n) is 20.2. The molecule has 0 unspecified atom stereocenters. The van der Waals surface area contributed by atoms with Crippen molar-refractivity contribution in [3.63, 3.8) is 0 Å². The summed E-state index contributed by atoms with van der Waals surface area (Å²) < 4.78 is 57.4. The van der Waals surface area contributed by atoms with Crippen molar-refractivity contribution in [3.05, 3.63) is 131 Å². The van der Waals surface area contributed by atoms with Gasteiger partial charge in [-0.1, -0.05) is 66.7 Å². The molecular weight excluding hydrogens is 494 g/mol. The number of carbonyl (C=O) groups excluding carboxylic acids is 1. The van der Waals surface area contributed by atoms with Crippen molar-refractivity contribution >= 4 is 21.6 Å². The molecule has 4 aromatic rings. The Hall–Kier alpha value is -3.88. The Morgan fingerprint density at radius 2 is 1.46 bits per heavy atom. The van der Waals surface area contributed by atoms with Gasteiger partial charge in [0, 0.05) is 24.3 Å². The SMILES string of the molecule is Cc1ccc(NC(=O)c2ccc(F)c(S(=O)(=O)N(CCc3ccccc3)Cc3ccccc3)c2)cc1F. The van der Waals surface area contributed by atoms with Gasteiger partial charge in [-0.3, -0.25) is 4.79 Å². The van der Waals surface area contributed by atoms with Crippen molar-refractivity contribution in [2.45, 2.75) is 24.8 Å². The van der Waals surface area contributed by atoms with Crippen LogP contribution < -0.4 is 5.32 Å². The monoisotopic (exact) mass is 520 g/mol. The van der Waals surface area contributed by atoms with Gasteiger partial charge in [0.25, 0.3) is 5.91 Å². The van der Waals surface area contributed by atoms with Gasteiger partial charge in [-0.25, -0.2) is 17.2 Å². The topological polar surface area (TPSA) is 66.5 Å². The van der Waals surface area contributed by atoms with Crippen LogP contribution in [0.4, 0.5) is 14.5 Å². The minimum absolute atomic E-state index is 0.0362. The molecule has 0 radical (unpaired) electrons. The summed E-state index contributed by atoms with van der Waals surface area (Å²) >= 11 is 0. The van der Waals surface area contributed by atoms with E-state index in [1.54, 1.807) is 31.2 Å². The van der Waals surface area contributed by atoms with Gasteiger partial charge in [-0.05, 0) is 60.4 Å². The standard InChI is InChI=1S/C29H26F2N2O3S/c1-21-12-14-25(19-27(21)31)32-29(34)24-13-15-26(30)28(18-24)37(35,36)33(20-23-10-6-3-7-11-23)17-16-22-8-4-2-5-9-22/h2-15,18-19H,16-17,20H2,1H3,(H,32,34). The summed E-state index contributed by atoms with van der Waals surface area (Å²) in [5.74, 6) is -2.13. The average Bonchev–Trinajstić information content (AvgIpc) is 2.90. The predicted octanol–water partition coefficient (Wildman–Crippen LogP) is 5.96. The molecule has 190 valence electrons. The highest BCUT2D eigenvalue weighted by Crippen LogP contribution is 2.24. The summed E-state index contributed by atoms with van der Waals surface area (Å²) in [4.78, 5) is 12.2. The second kappa shape index (κ2) is 11.5. The molecule has 0 saturated heterocycles. The third-order valence-corrected chi connectivity index (χ3v) is 7.80. The molecule has 0 spiro atoms. The van der Waals surface area contributed by atoms with E-state index in [1.807, 2.05) is 36.4 Å². The number of rotatable bonds is 9. The molecule has 37 heavy (non-hydrogen) atoms. The van der Waals surface area contributed by atoms with Crippen LogP contribution in [0.2, 0.25) is 0 Å². The van der Waals surface area contributed by atoms with E-state index < -0.39 is 32.5 Å². The van der Waals surface area contributed by atoms with Crippen LogP contribution in [0.25, 0.3) is 0 Å². The number of aryl methyl sites for hydroxylation is 1. The second-order valence-electron chi connectivity index (χ2n) is 8.62. The Morgan fingerprint density at radius 3 is 2.11 bits per heavy atom. The van der Waals surface area contributed by atoms with Crippen LogP contribution in [-0.2, 0) is 23.0 Å². The number of benzene rings is 4. The normalized spacial score (nSPS) is 11.5. The summed E-state index contributed by atoms with van der Waals surface area (Å²) in [6.07, 6.45) is 0.424. The minimum atomic E-state index is -4.32. The molecule has 8 heteroatoms. The Balaban J connectivity index is 1.64. The third-order valence-electron chi connectivity index (χ3n) is 5.94. The van der Waals surface area contributed by atoms with Gasteiger partial charge >= 0.3 is 0 Å². The molecule has 0 saturated carbocycles. The van der Waals surface area contributed by atoms with Gasteiger partial charge in [-0.2, -0.15) is 4.31 Å². The van der Waals surface area contributed by atoms with Crippen LogP contribution in [0.3, 0.4) is 0 Å². The summed E-state index contributed by atoms with van der Waals surface area (Å²) in [5.41, 5.74) is 2.24. The van der Waals surface area contributed by atoms with Crippen LogP contribution in [-0.4, -0.2) is 25.2 Å². The van der Waals surface area contributed by atoms with E-state index in [0.717, 1.165) is 23.3 Å². The maximum atomic E-state index is 14.9. The van der Waals surface area contributed by atoms with Gasteiger partial charge in [0.2, 0.25) is 10.0 Å². The molecule has 0 bridgehead atoms. The van der Waals surface area contributed by atoms with Crippen molar-refractivity contribution in [2.75, 3.05) is 11.9 Å². The van der Waals surface area contributed by atoms with Crippen LogP contribution >= 0.6 is 0 Å². The van der Waals surface area contributed by atoms with Crippen LogP contribution in [0.5, 0.6) is 0 Å². The molecular formula is C29H26F2N2O3S. The molecule has 0 aliphatic carbocycles. The second-order valence-corrected chi connectivity index (χ2v) is 10.5. The fourth-order valence-electron chi connectivity index (χ4n) is 3.82. The summed E-state index contributed by atoms with van der Waals surface area (Å²) in [7, 11) is -4.32. The van der Waals surface area contributed by atoms with Crippen LogP contribution in [0.1, 0.15) is 27.0 Å².